The fraction of sp³-hybridized carbons (Fsp3) is 0.455. The first-order chi connectivity index (χ1) is 8.19. The standard InChI is InChI=1S/C11H15N3O3/c12-4-10-3-9(1-2-13-10)5-14-11(6-15,7-16)8-17/h1-3,14-17H,5-8H2. The third kappa shape index (κ3) is 3.47. The number of aromatic nitrogens is 1. The molecule has 0 aliphatic rings. The Morgan fingerprint density at radius 1 is 1.29 bits per heavy atom. The van der Waals surface area contributed by atoms with Crippen LogP contribution in [0.3, 0.4) is 0 Å². The largest absolute Gasteiger partial charge is 0.394 e. The molecule has 0 saturated carbocycles. The van der Waals surface area contributed by atoms with E-state index in [0.29, 0.717) is 12.2 Å². The average Bonchev–Trinajstić information content (AvgIpc) is 2.41. The van der Waals surface area contributed by atoms with Gasteiger partial charge in [0.05, 0.1) is 25.4 Å². The van der Waals surface area contributed by atoms with Crippen molar-refractivity contribution in [2.45, 2.75) is 12.1 Å². The highest BCUT2D eigenvalue weighted by Crippen LogP contribution is 2.06. The van der Waals surface area contributed by atoms with Crippen molar-refractivity contribution >= 4 is 0 Å². The third-order valence-corrected chi connectivity index (χ3v) is 2.51. The Bertz CT molecular complexity index is 391. The molecule has 92 valence electrons. The van der Waals surface area contributed by atoms with Crippen LogP contribution in [-0.2, 0) is 6.54 Å². The minimum Gasteiger partial charge on any atom is -0.394 e. The molecule has 6 nitrogen and oxygen atoms in total. The molecule has 0 aliphatic carbocycles. The van der Waals surface area contributed by atoms with Crippen LogP contribution in [0.5, 0.6) is 0 Å². The van der Waals surface area contributed by atoms with Crippen LogP contribution in [0.4, 0.5) is 0 Å². The summed E-state index contributed by atoms with van der Waals surface area (Å²) in [6.45, 7) is -0.818. The van der Waals surface area contributed by atoms with Crippen LogP contribution in [0, 0.1) is 11.3 Å². The molecule has 0 unspecified atom stereocenters. The Hall–Kier alpha value is -1.52. The summed E-state index contributed by atoms with van der Waals surface area (Å²) in [6.07, 6.45) is 1.51. The zero-order valence-corrected chi connectivity index (χ0v) is 9.30. The van der Waals surface area contributed by atoms with Crippen molar-refractivity contribution < 1.29 is 15.3 Å². The minimum absolute atomic E-state index is 0.298. The Morgan fingerprint density at radius 3 is 2.47 bits per heavy atom. The molecule has 0 amide bonds. The number of aliphatic hydroxyl groups is 3. The lowest BCUT2D eigenvalue weighted by Crippen LogP contribution is -2.54. The summed E-state index contributed by atoms with van der Waals surface area (Å²) < 4.78 is 0. The third-order valence-electron chi connectivity index (χ3n) is 2.51. The lowest BCUT2D eigenvalue weighted by Gasteiger charge is -2.28. The van der Waals surface area contributed by atoms with Crippen molar-refractivity contribution in [1.82, 2.24) is 10.3 Å². The average molecular weight is 237 g/mol. The number of nitrogens with zero attached hydrogens (tertiary/aromatic N) is 2. The van der Waals surface area contributed by atoms with E-state index in [0.717, 1.165) is 5.56 Å². The van der Waals surface area contributed by atoms with Gasteiger partial charge in [0.25, 0.3) is 0 Å². The van der Waals surface area contributed by atoms with E-state index in [1.807, 2.05) is 6.07 Å². The Morgan fingerprint density at radius 2 is 1.94 bits per heavy atom. The van der Waals surface area contributed by atoms with E-state index in [1.165, 1.54) is 6.20 Å². The molecule has 0 radical (unpaired) electrons. The quantitative estimate of drug-likeness (QED) is 0.492. The van der Waals surface area contributed by atoms with Gasteiger partial charge in [-0.2, -0.15) is 5.26 Å². The van der Waals surface area contributed by atoms with Crippen molar-refractivity contribution in [3.05, 3.63) is 29.6 Å². The molecule has 17 heavy (non-hydrogen) atoms. The van der Waals surface area contributed by atoms with Crippen LogP contribution in [0.1, 0.15) is 11.3 Å². The second kappa shape index (κ2) is 6.27. The summed E-state index contributed by atoms with van der Waals surface area (Å²) in [4.78, 5) is 3.83. The number of nitrogens with one attached hydrogen (secondary N) is 1. The lowest BCUT2D eigenvalue weighted by atomic mass is 10.0. The van der Waals surface area contributed by atoms with Crippen LogP contribution in [-0.4, -0.2) is 45.7 Å². The molecule has 1 aromatic rings. The predicted octanol–water partition coefficient (Wildman–Crippen LogP) is -1.24. The second-order valence-electron chi connectivity index (χ2n) is 3.77. The van der Waals surface area contributed by atoms with Crippen molar-refractivity contribution in [2.24, 2.45) is 0 Å². The van der Waals surface area contributed by atoms with Crippen molar-refractivity contribution in [2.75, 3.05) is 19.8 Å². The summed E-state index contributed by atoms with van der Waals surface area (Å²) in [5.41, 5.74) is -0.0287. The predicted molar refractivity (Wildman–Crippen MR) is 59.8 cm³/mol. The van der Waals surface area contributed by atoms with Crippen LogP contribution in [0.15, 0.2) is 18.3 Å². The lowest BCUT2D eigenvalue weighted by molar-refractivity contribution is 0.0414. The SMILES string of the molecule is N#Cc1cc(CNC(CO)(CO)CO)ccn1. The molecule has 1 rings (SSSR count). The summed E-state index contributed by atoms with van der Waals surface area (Å²) >= 11 is 0. The number of aliphatic hydroxyl groups excluding tert-OH is 3. The van der Waals surface area contributed by atoms with Crippen LogP contribution in [0.2, 0.25) is 0 Å². The zero-order valence-electron chi connectivity index (χ0n) is 9.30. The van der Waals surface area contributed by atoms with E-state index in [2.05, 4.69) is 10.3 Å². The van der Waals surface area contributed by atoms with Gasteiger partial charge in [0.1, 0.15) is 11.8 Å². The minimum atomic E-state index is -1.12. The Labute approximate surface area is 99.2 Å². The normalized spacial score (nSPS) is 11.2. The molecule has 0 fully saturated rings. The smallest absolute Gasteiger partial charge is 0.140 e. The van der Waals surface area contributed by atoms with E-state index in [1.54, 1.807) is 12.1 Å². The number of nitriles is 1. The fourth-order valence-corrected chi connectivity index (χ4v) is 1.25. The van der Waals surface area contributed by atoms with E-state index in [4.69, 9.17) is 20.6 Å². The first-order valence-electron chi connectivity index (χ1n) is 5.12. The van der Waals surface area contributed by atoms with Crippen molar-refractivity contribution in [1.29, 1.82) is 5.26 Å². The maximum absolute atomic E-state index is 9.11. The number of pyridine rings is 1. The van der Waals surface area contributed by atoms with Crippen LogP contribution in [0.25, 0.3) is 0 Å². The molecule has 6 heteroatoms. The second-order valence-corrected chi connectivity index (χ2v) is 3.77. The number of hydrogen-bond acceptors (Lipinski definition) is 6. The van der Waals surface area contributed by atoms with Crippen molar-refractivity contribution in [3.63, 3.8) is 0 Å². The molecule has 0 saturated heterocycles. The zero-order chi connectivity index (χ0) is 12.7. The van der Waals surface area contributed by atoms with E-state index < -0.39 is 5.54 Å². The molecule has 0 aromatic carbocycles. The first kappa shape index (κ1) is 13.5. The van der Waals surface area contributed by atoms with Gasteiger partial charge in [0.2, 0.25) is 0 Å². The molecule has 0 atom stereocenters. The van der Waals surface area contributed by atoms with E-state index in [-0.39, 0.29) is 19.8 Å². The molecular formula is C11H15N3O3. The summed E-state index contributed by atoms with van der Waals surface area (Å²) in [5, 5.41) is 38.9. The fourth-order valence-electron chi connectivity index (χ4n) is 1.25. The van der Waals surface area contributed by atoms with E-state index in [9.17, 15) is 0 Å². The molecule has 4 N–H and O–H groups in total. The molecule has 0 aliphatic heterocycles. The van der Waals surface area contributed by atoms with E-state index >= 15 is 0 Å². The topological polar surface area (TPSA) is 109 Å². The summed E-state index contributed by atoms with van der Waals surface area (Å²) in [6, 6.07) is 5.23. The monoisotopic (exact) mass is 237 g/mol. The maximum atomic E-state index is 9.11. The molecule has 1 aromatic heterocycles. The van der Waals surface area contributed by atoms with Crippen LogP contribution >= 0.6 is 0 Å². The number of hydrogen-bond donors (Lipinski definition) is 4. The Kier molecular flexibility index (Phi) is 5.00. The number of rotatable bonds is 6. The molecule has 1 heterocycles. The van der Waals surface area contributed by atoms with Crippen molar-refractivity contribution in [3.8, 4) is 6.07 Å². The van der Waals surface area contributed by atoms with Gasteiger partial charge in [0.15, 0.2) is 0 Å². The van der Waals surface area contributed by atoms with Gasteiger partial charge in [-0.25, -0.2) is 4.98 Å². The van der Waals surface area contributed by atoms with Gasteiger partial charge in [-0.05, 0) is 17.7 Å². The highest BCUT2D eigenvalue weighted by molar-refractivity contribution is 5.25. The Balaban J connectivity index is 2.69. The molecular weight excluding hydrogens is 222 g/mol. The summed E-state index contributed by atoms with van der Waals surface area (Å²) in [7, 11) is 0. The molecule has 0 bridgehead atoms. The summed E-state index contributed by atoms with van der Waals surface area (Å²) in [5.74, 6) is 0. The maximum Gasteiger partial charge on any atom is 0.140 e. The van der Waals surface area contributed by atoms with Gasteiger partial charge in [-0.3, -0.25) is 0 Å². The van der Waals surface area contributed by atoms with Gasteiger partial charge >= 0.3 is 0 Å². The first-order valence-corrected chi connectivity index (χ1v) is 5.12. The highest BCUT2D eigenvalue weighted by Gasteiger charge is 2.26. The van der Waals surface area contributed by atoms with Gasteiger partial charge in [-0.1, -0.05) is 0 Å². The van der Waals surface area contributed by atoms with Gasteiger partial charge < -0.3 is 20.6 Å². The van der Waals surface area contributed by atoms with Crippen LogP contribution < -0.4 is 5.32 Å². The highest BCUT2D eigenvalue weighted by atomic mass is 16.3. The molecule has 0 spiro atoms. The van der Waals surface area contributed by atoms with Gasteiger partial charge in [0, 0.05) is 12.7 Å². The van der Waals surface area contributed by atoms with Gasteiger partial charge in [-0.15, -0.1) is 0 Å².